The SMILES string of the molecule is CC(C)(C)OC(=O)NCCOCCOCCOCC(=O)O.CI.Cc1ncsc1-c1ccc(CNC(=O)[C@@H]2C[C@@H](O)CN2C(=O)[C@@H](N)C(C)(C)C)cc1.Cc1ncsc1-c1ccc(CNC(=O)[C@@H]2C[C@@H](O)CN2C(=O)[C@@H](NC(=O)COCCOCCOCCN)C(C)(C)C)cc1.Cc1ncsc1-c1ccc(CNC(=O)[C@@H]2C[C@@H](O)CN2C(=O)[C@@H](NC(=O)COCCOCCOCCNC(=O)OC(C)(C)C)C(C)(C)C)cc1.Cl.Cl. The summed E-state index contributed by atoms with van der Waals surface area (Å²) in [4.78, 5) is 160. The minimum absolute atomic E-state index is 0. The maximum Gasteiger partial charge on any atom is 0.407 e. The average molecular weight is 2290 g/mol. The summed E-state index contributed by atoms with van der Waals surface area (Å²) in [5.41, 5.74) is 22.9. The van der Waals surface area contributed by atoms with Crippen LogP contribution in [0.25, 0.3) is 31.3 Å². The second kappa shape index (κ2) is 68.2. The first-order valence-electron chi connectivity index (χ1n) is 48.5. The molecule has 3 aromatic heterocycles. The Morgan fingerprint density at radius 2 is 0.655 bits per heavy atom. The zero-order valence-electron chi connectivity index (χ0n) is 88.6. The molecule has 6 heterocycles. The molecule has 3 aliphatic heterocycles. The van der Waals surface area contributed by atoms with Crippen LogP contribution in [0, 0.1) is 37.0 Å². The fourth-order valence-electron chi connectivity index (χ4n) is 14.5. The van der Waals surface area contributed by atoms with Crippen molar-refractivity contribution < 1.29 is 125 Å². The summed E-state index contributed by atoms with van der Waals surface area (Å²) < 4.78 is 57.6. The number of hydrogen-bond acceptors (Lipinski definition) is 33. The van der Waals surface area contributed by atoms with Crippen LogP contribution >= 0.6 is 81.4 Å². The molecule has 3 saturated heterocycles. The molecule has 148 heavy (non-hydrogen) atoms. The Hall–Kier alpha value is -8.93. The number of halogens is 3. The molecule has 0 aliphatic carbocycles. The second-order valence-corrected chi connectivity index (χ2v) is 42.2. The number of aromatic nitrogens is 3. The van der Waals surface area contributed by atoms with E-state index in [1.807, 2.05) is 177 Å². The number of aryl methyl sites for hydroxylation is 3. The number of nitrogens with one attached hydrogen (secondary N) is 7. The first-order chi connectivity index (χ1) is 68.9. The van der Waals surface area contributed by atoms with Gasteiger partial charge < -0.3 is 136 Å². The summed E-state index contributed by atoms with van der Waals surface area (Å²) in [7, 11) is 0. The number of rotatable bonds is 49. The van der Waals surface area contributed by atoms with Gasteiger partial charge in [0.05, 0.1) is 172 Å². The number of carbonyl (C=O) groups is 11. The number of aliphatic carboxylic acids is 1. The molecule has 0 unspecified atom stereocenters. The van der Waals surface area contributed by atoms with Crippen LogP contribution in [-0.2, 0) is 115 Å². The van der Waals surface area contributed by atoms with Crippen LogP contribution in [0.2, 0.25) is 0 Å². The number of alkyl carbamates (subject to hydrolysis) is 2. The van der Waals surface area contributed by atoms with Gasteiger partial charge in [0, 0.05) is 78.2 Å². The number of aliphatic hydroxyl groups is 3. The number of thiazole rings is 3. The average Bonchev–Trinajstić information content (AvgIpc) is 1.64. The Bertz CT molecular complexity index is 4960. The zero-order chi connectivity index (χ0) is 108. The highest BCUT2D eigenvalue weighted by molar-refractivity contribution is 14.1. The van der Waals surface area contributed by atoms with E-state index in [4.69, 9.17) is 68.7 Å². The number of likely N-dealkylation sites (tertiary alicyclic amines) is 3. The number of carboxylic acids is 1. The molecule has 6 aromatic rings. The number of nitrogens with two attached hydrogens (primary N) is 2. The van der Waals surface area contributed by atoms with Gasteiger partial charge in [-0.25, -0.2) is 29.3 Å². The molecular formula is C101H158Cl2IN15O26S3. The number of benzene rings is 3. The predicted octanol–water partition coefficient (Wildman–Crippen LogP) is 8.65. The summed E-state index contributed by atoms with van der Waals surface area (Å²) in [6.07, 6.45) is -2.97. The van der Waals surface area contributed by atoms with E-state index in [2.05, 4.69) is 74.8 Å². The lowest BCUT2D eigenvalue weighted by Gasteiger charge is -2.35. The number of β-amino-alcohol motifs (C(OH)–C–C–N with tert-alkyl or cyclic N) is 3. The lowest BCUT2D eigenvalue weighted by molar-refractivity contribution is -0.144. The fourth-order valence-corrected chi connectivity index (χ4v) is 16.9. The summed E-state index contributed by atoms with van der Waals surface area (Å²) in [5.74, 6) is -4.14. The van der Waals surface area contributed by atoms with E-state index in [1.165, 1.54) is 14.7 Å². The molecule has 41 nitrogen and oxygen atoms in total. The molecule has 47 heteroatoms. The van der Waals surface area contributed by atoms with E-state index in [1.54, 1.807) is 75.6 Å². The van der Waals surface area contributed by atoms with Crippen molar-refractivity contribution >= 4 is 147 Å². The van der Waals surface area contributed by atoms with Crippen LogP contribution in [-0.4, -0.2) is 344 Å². The van der Waals surface area contributed by atoms with Crippen LogP contribution in [0.4, 0.5) is 9.59 Å². The summed E-state index contributed by atoms with van der Waals surface area (Å²) in [6.45, 7) is 39.2. The maximum atomic E-state index is 13.8. The first kappa shape index (κ1) is 133. The van der Waals surface area contributed by atoms with Crippen molar-refractivity contribution in [2.24, 2.45) is 27.7 Å². The van der Waals surface area contributed by atoms with E-state index >= 15 is 0 Å². The summed E-state index contributed by atoms with van der Waals surface area (Å²) in [5, 5.41) is 58.6. The number of nitrogens with zero attached hydrogens (tertiary/aromatic N) is 6. The van der Waals surface area contributed by atoms with Gasteiger partial charge in [0.1, 0.15) is 61.2 Å². The van der Waals surface area contributed by atoms with Crippen molar-refractivity contribution in [2.45, 2.75) is 229 Å². The second-order valence-electron chi connectivity index (χ2n) is 39.7. The van der Waals surface area contributed by atoms with Gasteiger partial charge in [-0.1, -0.05) is 158 Å². The minimum atomic E-state index is -1.00. The van der Waals surface area contributed by atoms with Gasteiger partial charge in [-0.05, 0) is 117 Å². The lowest BCUT2D eigenvalue weighted by Crippen LogP contribution is -2.58. The third-order valence-electron chi connectivity index (χ3n) is 21.9. The van der Waals surface area contributed by atoms with Gasteiger partial charge in [0.15, 0.2) is 0 Å². The summed E-state index contributed by atoms with van der Waals surface area (Å²) in [6, 6.07) is 18.6. The minimum Gasteiger partial charge on any atom is -0.480 e. The molecule has 3 aromatic carbocycles. The fraction of sp³-hybridized carbons (Fsp3) is 0.624. The van der Waals surface area contributed by atoms with Crippen molar-refractivity contribution in [3.05, 3.63) is 123 Å². The van der Waals surface area contributed by atoms with Gasteiger partial charge in [-0.15, -0.1) is 58.8 Å². The van der Waals surface area contributed by atoms with Crippen molar-refractivity contribution in [3.63, 3.8) is 0 Å². The Balaban J connectivity index is 0.000000523. The predicted molar refractivity (Wildman–Crippen MR) is 578 cm³/mol. The molecule has 9 atom stereocenters. The number of aliphatic hydroxyl groups excluding tert-OH is 3. The van der Waals surface area contributed by atoms with Gasteiger partial charge in [0.25, 0.3) is 0 Å². The van der Waals surface area contributed by atoms with Crippen LogP contribution in [0.15, 0.2) is 89.3 Å². The zero-order valence-corrected chi connectivity index (χ0v) is 94.8. The molecule has 9 rings (SSSR count). The Labute approximate surface area is 907 Å². The number of alkyl halides is 1. The Kier molecular flexibility index (Phi) is 61.4. The maximum absolute atomic E-state index is 13.8. The topological polar surface area (TPSA) is 555 Å². The van der Waals surface area contributed by atoms with E-state index in [0.29, 0.717) is 98.9 Å². The largest absolute Gasteiger partial charge is 0.480 e. The van der Waals surface area contributed by atoms with Crippen LogP contribution < -0.4 is 48.7 Å². The first-order valence-corrected chi connectivity index (χ1v) is 53.3. The molecule has 0 radical (unpaired) electrons. The van der Waals surface area contributed by atoms with Crippen molar-refractivity contribution in [1.29, 1.82) is 0 Å². The van der Waals surface area contributed by atoms with Crippen molar-refractivity contribution in [1.82, 2.24) is 66.9 Å². The van der Waals surface area contributed by atoms with E-state index in [9.17, 15) is 68.1 Å². The van der Waals surface area contributed by atoms with E-state index in [0.717, 1.165) is 65.1 Å². The molecule has 10 amide bonds. The highest BCUT2D eigenvalue weighted by Crippen LogP contribution is 2.34. The highest BCUT2D eigenvalue weighted by atomic mass is 127. The Morgan fingerprint density at radius 1 is 0.392 bits per heavy atom. The third-order valence-corrected chi connectivity index (χ3v) is 24.9. The van der Waals surface area contributed by atoms with Crippen molar-refractivity contribution in [3.8, 4) is 31.3 Å². The van der Waals surface area contributed by atoms with Crippen LogP contribution in [0.3, 0.4) is 0 Å². The van der Waals surface area contributed by atoms with Gasteiger partial charge in [-0.2, -0.15) is 0 Å². The van der Waals surface area contributed by atoms with Crippen LogP contribution in [0.1, 0.15) is 157 Å². The molecule has 832 valence electrons. The van der Waals surface area contributed by atoms with Crippen LogP contribution in [0.5, 0.6) is 0 Å². The number of carboxylic acid groups (broad SMARTS) is 1. The standard InChI is InChI=1S/C35H53N5O9S.C30H45N5O7S.C22H30N4O3S.C13H25NO7.CH3I.2ClH/c1-23-29(50-22-38-23)25-10-8-24(9-11-25)19-37-31(43)27-18-26(41)20-40(27)32(44)30(34(2,3)4)39-28(42)21-48-17-16-47-15-14-46-13-12-36-33(45)49-35(5,6)7;1-20-26(43-19-33-20)22-7-5-21(6-8-22)16-32-28(38)24-15-23(36)17-35(24)29(39)27(30(2,3)4)34-25(37)18-42-14-13-41-12-11-40-10-9-31;1-13-18(30-12-25-13)15-7-5-14(6-8-15)10-24-20(28)17-9-16(27)11-26(17)21(29)19(23)22(2,3)4;1-13(2,3)21-12(17)14-4-5-18-6-7-19-8-9-20-10-11(15)16;1-2;;/h8-11,22,26-27,30,41H,12-21H2,1-7H3,(H,36,45)(H,37,43)(H,39,42);5-8,19,23-24,27,36H,9-18,31H2,1-4H3,(H,32,38)(H,34,37);5-8,12,16-17,19,27H,9-11,23H2,1-4H3,(H,24,28);4-10H2,1-3H3,(H,14,17)(H,15,16);1H3;2*1H/t26-,27+,30-;23-,24+,27-;16-,17+,19-;;;;/m111..../s1. The van der Waals surface area contributed by atoms with Gasteiger partial charge in [-0.3, -0.25) is 38.4 Å². The summed E-state index contributed by atoms with van der Waals surface area (Å²) >= 11 is 6.89. The van der Waals surface area contributed by atoms with E-state index in [-0.39, 0.29) is 147 Å². The lowest BCUT2D eigenvalue weighted by atomic mass is 9.85. The quantitative estimate of drug-likeness (QED) is 0.00964. The molecule has 3 fully saturated rings. The highest BCUT2D eigenvalue weighted by Gasteiger charge is 2.48. The smallest absolute Gasteiger partial charge is 0.407 e. The molecular weight excluding hydrogens is 2130 g/mol. The normalized spacial score (nSPS) is 16.6. The van der Waals surface area contributed by atoms with E-state index < -0.39 is 124 Å². The Morgan fingerprint density at radius 3 is 0.905 bits per heavy atom. The van der Waals surface area contributed by atoms with Crippen molar-refractivity contribution in [2.75, 3.05) is 163 Å². The molecule has 0 spiro atoms. The van der Waals surface area contributed by atoms with Gasteiger partial charge >= 0.3 is 18.2 Å². The monoisotopic (exact) mass is 2290 g/mol. The van der Waals surface area contributed by atoms with Gasteiger partial charge in [0.2, 0.25) is 47.3 Å². The number of hydrogen-bond donors (Lipinski definition) is 13. The molecule has 15 N–H and O–H groups in total. The number of carbonyl (C=O) groups excluding carboxylic acids is 10. The molecule has 0 saturated carbocycles. The molecule has 0 bridgehead atoms. The number of ether oxygens (including phenoxy) is 11. The third kappa shape index (κ3) is 50.1. The molecule has 3 aliphatic rings. The number of amides is 10.